The highest BCUT2D eigenvalue weighted by Crippen LogP contribution is 2.18. The summed E-state index contributed by atoms with van der Waals surface area (Å²) < 4.78 is 4.92. The van der Waals surface area contributed by atoms with E-state index in [1.807, 2.05) is 26.0 Å². The van der Waals surface area contributed by atoms with Crippen molar-refractivity contribution in [2.45, 2.75) is 74.0 Å². The molecule has 0 aromatic rings. The lowest BCUT2D eigenvalue weighted by atomic mass is 10.4. The number of unbranched alkanes of at least 4 members (excludes halogenated alkanes) is 1. The van der Waals surface area contributed by atoms with Crippen LogP contribution in [0.2, 0.25) is 0 Å². The maximum Gasteiger partial charge on any atom is 0.0811 e. The van der Waals surface area contributed by atoms with E-state index in [1.165, 1.54) is 12.8 Å². The zero-order valence-electron chi connectivity index (χ0n) is 10.1. The number of rotatable bonds is 1. The first kappa shape index (κ1) is 19.3. The average molecular weight is 202 g/mol. The number of hydrogen-bond donors (Lipinski definition) is 0. The SMILES string of the molecule is C.C/C=C\C.CC1OC1C.CCCC. The third-order valence-corrected chi connectivity index (χ3v) is 1.85. The molecular formula is C13H30O. The quantitative estimate of drug-likeness (QED) is 0.439. The van der Waals surface area contributed by atoms with Crippen molar-refractivity contribution in [2.24, 2.45) is 0 Å². The van der Waals surface area contributed by atoms with Gasteiger partial charge in [0.25, 0.3) is 0 Å². The summed E-state index contributed by atoms with van der Waals surface area (Å²) in [5.74, 6) is 0. The van der Waals surface area contributed by atoms with E-state index in [0.29, 0.717) is 12.2 Å². The van der Waals surface area contributed by atoms with Crippen molar-refractivity contribution in [3.05, 3.63) is 12.2 Å². The number of ether oxygens (including phenoxy) is 1. The van der Waals surface area contributed by atoms with E-state index in [0.717, 1.165) is 0 Å². The third-order valence-electron chi connectivity index (χ3n) is 1.85. The van der Waals surface area contributed by atoms with E-state index >= 15 is 0 Å². The van der Waals surface area contributed by atoms with Gasteiger partial charge in [-0.1, -0.05) is 46.3 Å². The molecule has 0 aromatic carbocycles. The highest BCUT2D eigenvalue weighted by Gasteiger charge is 2.27. The van der Waals surface area contributed by atoms with E-state index in [-0.39, 0.29) is 7.43 Å². The van der Waals surface area contributed by atoms with Gasteiger partial charge in [0.1, 0.15) is 0 Å². The van der Waals surface area contributed by atoms with Crippen LogP contribution < -0.4 is 0 Å². The summed E-state index contributed by atoms with van der Waals surface area (Å²) in [6.45, 7) is 12.5. The summed E-state index contributed by atoms with van der Waals surface area (Å²) in [4.78, 5) is 0. The van der Waals surface area contributed by atoms with Gasteiger partial charge < -0.3 is 4.74 Å². The molecule has 1 aliphatic heterocycles. The van der Waals surface area contributed by atoms with Gasteiger partial charge >= 0.3 is 0 Å². The van der Waals surface area contributed by atoms with Gasteiger partial charge in [0.2, 0.25) is 0 Å². The van der Waals surface area contributed by atoms with Gasteiger partial charge in [-0.3, -0.25) is 0 Å². The summed E-state index contributed by atoms with van der Waals surface area (Å²) >= 11 is 0. The highest BCUT2D eigenvalue weighted by molar-refractivity contribution is 4.73. The normalized spacial score (nSPS) is 22.4. The van der Waals surface area contributed by atoms with E-state index in [1.54, 1.807) is 0 Å². The van der Waals surface area contributed by atoms with Crippen LogP contribution in [0.5, 0.6) is 0 Å². The Bertz CT molecular complexity index is 95.8. The second kappa shape index (κ2) is 15.2. The van der Waals surface area contributed by atoms with Crippen LogP contribution >= 0.6 is 0 Å². The van der Waals surface area contributed by atoms with Crippen molar-refractivity contribution in [1.82, 2.24) is 0 Å². The number of hydrogen-bond acceptors (Lipinski definition) is 1. The van der Waals surface area contributed by atoms with Crippen molar-refractivity contribution in [3.8, 4) is 0 Å². The maximum absolute atomic E-state index is 4.92. The second-order valence-electron chi connectivity index (χ2n) is 3.21. The molecule has 0 bridgehead atoms. The van der Waals surface area contributed by atoms with Gasteiger partial charge in [-0.25, -0.2) is 0 Å². The zero-order valence-corrected chi connectivity index (χ0v) is 10.1. The minimum Gasteiger partial charge on any atom is -0.370 e. The Kier molecular flexibility index (Phi) is 20.9. The van der Waals surface area contributed by atoms with Gasteiger partial charge in [0.15, 0.2) is 0 Å². The van der Waals surface area contributed by atoms with Crippen LogP contribution in [0.25, 0.3) is 0 Å². The Morgan fingerprint density at radius 1 is 0.929 bits per heavy atom. The molecule has 0 aromatic heterocycles. The smallest absolute Gasteiger partial charge is 0.0811 e. The maximum atomic E-state index is 4.92. The van der Waals surface area contributed by atoms with Gasteiger partial charge in [-0.2, -0.15) is 0 Å². The molecule has 0 aliphatic carbocycles. The van der Waals surface area contributed by atoms with Gasteiger partial charge in [0, 0.05) is 0 Å². The Morgan fingerprint density at radius 2 is 1.14 bits per heavy atom. The monoisotopic (exact) mass is 202 g/mol. The topological polar surface area (TPSA) is 12.5 Å². The molecule has 1 rings (SSSR count). The summed E-state index contributed by atoms with van der Waals surface area (Å²) in [7, 11) is 0. The third kappa shape index (κ3) is 22.6. The first-order chi connectivity index (χ1) is 6.13. The van der Waals surface area contributed by atoms with Crippen molar-refractivity contribution in [2.75, 3.05) is 0 Å². The second-order valence-corrected chi connectivity index (χ2v) is 3.21. The molecule has 0 radical (unpaired) electrons. The molecule has 1 heterocycles. The standard InChI is InChI=1S/C4H8O.C4H10.C4H8.CH4/c1-3-4(2)5-3;2*1-3-4-2;/h3-4H,1-2H3;3-4H2,1-2H3;3-4H,1-2H3;1H4/b;;4-3-;. The molecule has 1 saturated heterocycles. The lowest BCUT2D eigenvalue weighted by Gasteiger charge is -1.68. The van der Waals surface area contributed by atoms with Crippen molar-refractivity contribution in [3.63, 3.8) is 0 Å². The van der Waals surface area contributed by atoms with E-state index in [9.17, 15) is 0 Å². The fourth-order valence-electron chi connectivity index (χ4n) is 0.293. The molecule has 1 heteroatoms. The Balaban J connectivity index is -0.000000127. The van der Waals surface area contributed by atoms with Crippen LogP contribution in [-0.2, 0) is 4.74 Å². The highest BCUT2D eigenvalue weighted by atomic mass is 16.6. The van der Waals surface area contributed by atoms with Crippen LogP contribution in [0.15, 0.2) is 12.2 Å². The van der Waals surface area contributed by atoms with Crippen LogP contribution in [0, 0.1) is 0 Å². The molecule has 88 valence electrons. The Labute approximate surface area is 91.6 Å². The molecule has 2 unspecified atom stereocenters. The molecule has 1 nitrogen and oxygen atoms in total. The van der Waals surface area contributed by atoms with E-state index < -0.39 is 0 Å². The largest absolute Gasteiger partial charge is 0.370 e. The summed E-state index contributed by atoms with van der Waals surface area (Å²) in [6, 6.07) is 0. The summed E-state index contributed by atoms with van der Waals surface area (Å²) in [5, 5.41) is 0. The Hall–Kier alpha value is -0.300. The predicted octanol–water partition coefficient (Wildman–Crippen LogP) is 4.82. The van der Waals surface area contributed by atoms with Crippen LogP contribution in [0.1, 0.15) is 61.8 Å². The van der Waals surface area contributed by atoms with Gasteiger partial charge in [0.05, 0.1) is 12.2 Å². The van der Waals surface area contributed by atoms with E-state index in [4.69, 9.17) is 4.74 Å². The van der Waals surface area contributed by atoms with Crippen molar-refractivity contribution in [1.29, 1.82) is 0 Å². The fourth-order valence-corrected chi connectivity index (χ4v) is 0.293. The first-order valence-corrected chi connectivity index (χ1v) is 5.36. The average Bonchev–Trinajstić information content (AvgIpc) is 2.80. The van der Waals surface area contributed by atoms with Gasteiger partial charge in [-0.15, -0.1) is 0 Å². The number of epoxide rings is 1. The summed E-state index contributed by atoms with van der Waals surface area (Å²) in [5.41, 5.74) is 0. The van der Waals surface area contributed by atoms with E-state index in [2.05, 4.69) is 27.7 Å². The lowest BCUT2D eigenvalue weighted by molar-refractivity contribution is 0.389. The minimum atomic E-state index is 0. The van der Waals surface area contributed by atoms with Crippen LogP contribution in [0.4, 0.5) is 0 Å². The van der Waals surface area contributed by atoms with Crippen LogP contribution in [-0.4, -0.2) is 12.2 Å². The molecule has 0 N–H and O–H groups in total. The lowest BCUT2D eigenvalue weighted by Crippen LogP contribution is -1.74. The van der Waals surface area contributed by atoms with Gasteiger partial charge in [-0.05, 0) is 27.7 Å². The van der Waals surface area contributed by atoms with Crippen LogP contribution in [0.3, 0.4) is 0 Å². The predicted molar refractivity (Wildman–Crippen MR) is 67.8 cm³/mol. The minimum absolute atomic E-state index is 0. The zero-order chi connectivity index (χ0) is 10.7. The fraction of sp³-hybridized carbons (Fsp3) is 0.846. The molecule has 1 aliphatic rings. The van der Waals surface area contributed by atoms with Crippen molar-refractivity contribution >= 4 is 0 Å². The first-order valence-electron chi connectivity index (χ1n) is 5.36. The molecule has 1 fully saturated rings. The molecule has 2 atom stereocenters. The summed E-state index contributed by atoms with van der Waals surface area (Å²) in [6.07, 6.45) is 7.74. The van der Waals surface area contributed by atoms with Crippen molar-refractivity contribution < 1.29 is 4.74 Å². The molecule has 14 heavy (non-hydrogen) atoms. The molecule has 0 saturated carbocycles. The molecular weight excluding hydrogens is 172 g/mol. The molecule has 0 amide bonds. The molecule has 0 spiro atoms. The number of allylic oxidation sites excluding steroid dienone is 2. The Morgan fingerprint density at radius 3 is 1.14 bits per heavy atom.